The molecule has 2 rings (SSSR count). The van der Waals surface area contributed by atoms with Crippen LogP contribution in [0, 0.1) is 6.92 Å². The van der Waals surface area contributed by atoms with E-state index in [4.69, 9.17) is 5.11 Å². The van der Waals surface area contributed by atoms with E-state index in [0.717, 1.165) is 22.4 Å². The number of carbonyl (C=O) groups is 2. The molecule has 0 radical (unpaired) electrons. The lowest BCUT2D eigenvalue weighted by molar-refractivity contribution is -0.155. The van der Waals surface area contributed by atoms with Gasteiger partial charge in [0.25, 0.3) is 0 Å². The molecule has 0 saturated carbocycles. The Kier molecular flexibility index (Phi) is 3.25. The van der Waals surface area contributed by atoms with E-state index >= 15 is 0 Å². The van der Waals surface area contributed by atoms with Gasteiger partial charge in [0.05, 0.1) is 11.0 Å². The molecule has 1 N–H and O–H groups in total. The van der Waals surface area contributed by atoms with E-state index < -0.39 is 11.9 Å². The largest absolute Gasteiger partial charge is 0.474 e. The van der Waals surface area contributed by atoms with Gasteiger partial charge in [-0.2, -0.15) is 0 Å². The first-order chi connectivity index (χ1) is 8.90. The fraction of sp³-hybridized carbons (Fsp3) is 0.308. The highest BCUT2D eigenvalue weighted by molar-refractivity contribution is 6.31. The van der Waals surface area contributed by atoms with Crippen molar-refractivity contribution >= 4 is 22.9 Å². The molecule has 0 aliphatic rings. The lowest BCUT2D eigenvalue weighted by Crippen LogP contribution is -2.32. The van der Waals surface area contributed by atoms with Crippen LogP contribution in [0.25, 0.3) is 11.0 Å². The van der Waals surface area contributed by atoms with Crippen molar-refractivity contribution in [3.63, 3.8) is 0 Å². The first-order valence-corrected chi connectivity index (χ1v) is 5.80. The molecule has 19 heavy (non-hydrogen) atoms. The van der Waals surface area contributed by atoms with Crippen LogP contribution >= 0.6 is 0 Å². The molecular weight excluding hydrogens is 246 g/mol. The number of carboxylic acids is 1. The maximum atomic E-state index is 11.3. The van der Waals surface area contributed by atoms with Crippen LogP contribution in [0.2, 0.25) is 0 Å². The van der Waals surface area contributed by atoms with Gasteiger partial charge in [0.1, 0.15) is 5.82 Å². The van der Waals surface area contributed by atoms with Gasteiger partial charge in [0, 0.05) is 20.6 Å². The van der Waals surface area contributed by atoms with Gasteiger partial charge >= 0.3 is 11.9 Å². The summed E-state index contributed by atoms with van der Waals surface area (Å²) in [6, 6.07) is 5.66. The van der Waals surface area contributed by atoms with Crippen LogP contribution in [0.4, 0.5) is 0 Å². The van der Waals surface area contributed by atoms with E-state index in [2.05, 4.69) is 4.98 Å². The molecule has 2 aromatic rings. The molecule has 0 fully saturated rings. The predicted octanol–water partition coefficient (Wildman–Crippen LogP) is 0.925. The highest BCUT2D eigenvalue weighted by Gasteiger charge is 2.17. The number of hydrogen-bond donors (Lipinski definition) is 1. The second kappa shape index (κ2) is 4.72. The Hall–Kier alpha value is -2.37. The average molecular weight is 261 g/mol. The summed E-state index contributed by atoms with van der Waals surface area (Å²) >= 11 is 0. The zero-order chi connectivity index (χ0) is 14.2. The van der Waals surface area contributed by atoms with Gasteiger partial charge in [-0.05, 0) is 24.6 Å². The Morgan fingerprint density at radius 1 is 1.42 bits per heavy atom. The van der Waals surface area contributed by atoms with Crippen LogP contribution < -0.4 is 0 Å². The van der Waals surface area contributed by atoms with E-state index in [1.165, 1.54) is 11.9 Å². The second-order valence-electron chi connectivity index (χ2n) is 4.51. The quantitative estimate of drug-likeness (QED) is 0.816. The first-order valence-electron chi connectivity index (χ1n) is 5.80. The second-order valence-corrected chi connectivity index (χ2v) is 4.51. The number of carbonyl (C=O) groups excluding carboxylic acids is 1. The average Bonchev–Trinajstić information content (AvgIpc) is 2.63. The number of aromatic nitrogens is 2. The number of aryl methyl sites for hydroxylation is 2. The van der Waals surface area contributed by atoms with Crippen molar-refractivity contribution in [3.8, 4) is 0 Å². The monoisotopic (exact) mass is 261 g/mol. The fourth-order valence-corrected chi connectivity index (χ4v) is 1.97. The summed E-state index contributed by atoms with van der Waals surface area (Å²) in [7, 11) is 3.40. The minimum atomic E-state index is -1.45. The molecule has 0 atom stereocenters. The zero-order valence-corrected chi connectivity index (χ0v) is 11.0. The number of fused-ring (bicyclic) bond motifs is 1. The van der Waals surface area contributed by atoms with Gasteiger partial charge in [0.2, 0.25) is 0 Å². The minimum absolute atomic E-state index is 0.247. The molecule has 0 bridgehead atoms. The van der Waals surface area contributed by atoms with E-state index in [0.29, 0.717) is 0 Å². The van der Waals surface area contributed by atoms with Gasteiger partial charge in [0.15, 0.2) is 0 Å². The summed E-state index contributed by atoms with van der Waals surface area (Å²) in [6.07, 6.45) is 0. The number of hydrogen-bond acceptors (Lipinski definition) is 3. The van der Waals surface area contributed by atoms with Gasteiger partial charge in [-0.15, -0.1) is 0 Å². The van der Waals surface area contributed by atoms with Crippen molar-refractivity contribution in [1.82, 2.24) is 14.5 Å². The third-order valence-electron chi connectivity index (χ3n) is 3.12. The summed E-state index contributed by atoms with van der Waals surface area (Å²) in [5.41, 5.74) is 2.70. The van der Waals surface area contributed by atoms with Gasteiger partial charge < -0.3 is 14.6 Å². The summed E-state index contributed by atoms with van der Waals surface area (Å²) in [6.45, 7) is 2.16. The van der Waals surface area contributed by atoms with Crippen molar-refractivity contribution in [1.29, 1.82) is 0 Å². The molecule has 1 aromatic carbocycles. The normalized spacial score (nSPS) is 10.7. The maximum absolute atomic E-state index is 11.3. The molecule has 0 unspecified atom stereocenters. The Balaban J connectivity index is 2.27. The summed E-state index contributed by atoms with van der Waals surface area (Å²) in [5.74, 6) is -1.46. The molecule has 0 saturated heterocycles. The van der Waals surface area contributed by atoms with Crippen LogP contribution in [-0.4, -0.2) is 38.5 Å². The van der Waals surface area contributed by atoms with Crippen molar-refractivity contribution in [3.05, 3.63) is 29.6 Å². The predicted molar refractivity (Wildman–Crippen MR) is 69.6 cm³/mol. The third kappa shape index (κ3) is 2.42. The SMILES string of the molecule is Cc1nc2cc(CN(C)C(=O)C(=O)O)ccc2n1C. The smallest absolute Gasteiger partial charge is 0.394 e. The highest BCUT2D eigenvalue weighted by Crippen LogP contribution is 2.17. The number of likely N-dealkylation sites (N-methyl/N-ethyl adjacent to an activating group) is 1. The van der Waals surface area contributed by atoms with E-state index in [-0.39, 0.29) is 6.54 Å². The molecule has 1 aromatic heterocycles. The van der Waals surface area contributed by atoms with Gasteiger partial charge in [-0.25, -0.2) is 9.78 Å². The van der Waals surface area contributed by atoms with Crippen molar-refractivity contribution < 1.29 is 14.7 Å². The standard InChI is InChI=1S/C13H15N3O3/c1-8-14-10-6-9(4-5-11(10)16(8)3)7-15(2)12(17)13(18)19/h4-6H,7H2,1-3H3,(H,18,19). The van der Waals surface area contributed by atoms with Gasteiger partial charge in [-0.1, -0.05) is 6.07 Å². The Labute approximate surface area is 110 Å². The molecule has 1 amide bonds. The molecule has 100 valence electrons. The summed E-state index contributed by atoms with van der Waals surface area (Å²) in [4.78, 5) is 27.4. The molecule has 1 heterocycles. The van der Waals surface area contributed by atoms with Crippen molar-refractivity contribution in [2.75, 3.05) is 7.05 Å². The highest BCUT2D eigenvalue weighted by atomic mass is 16.4. The first kappa shape index (κ1) is 13.1. The van der Waals surface area contributed by atoms with Gasteiger partial charge in [-0.3, -0.25) is 4.79 Å². The van der Waals surface area contributed by atoms with Crippen LogP contribution in [0.5, 0.6) is 0 Å². The zero-order valence-electron chi connectivity index (χ0n) is 11.0. The molecule has 6 nitrogen and oxygen atoms in total. The van der Waals surface area contributed by atoms with Crippen LogP contribution in [-0.2, 0) is 23.2 Å². The van der Waals surface area contributed by atoms with E-state index in [1.54, 1.807) is 0 Å². The van der Waals surface area contributed by atoms with Crippen LogP contribution in [0.15, 0.2) is 18.2 Å². The van der Waals surface area contributed by atoms with E-state index in [9.17, 15) is 9.59 Å². The minimum Gasteiger partial charge on any atom is -0.474 e. The topological polar surface area (TPSA) is 75.4 Å². The molecule has 0 aliphatic heterocycles. The molecule has 0 spiro atoms. The number of carboxylic acid groups (broad SMARTS) is 1. The lowest BCUT2D eigenvalue weighted by atomic mass is 10.2. The fourth-order valence-electron chi connectivity index (χ4n) is 1.97. The molecule has 6 heteroatoms. The van der Waals surface area contributed by atoms with Crippen LogP contribution in [0.3, 0.4) is 0 Å². The summed E-state index contributed by atoms with van der Waals surface area (Å²) in [5, 5.41) is 8.64. The Morgan fingerprint density at radius 2 is 2.11 bits per heavy atom. The number of imidazole rings is 1. The number of rotatable bonds is 2. The number of aliphatic carboxylic acids is 1. The van der Waals surface area contributed by atoms with Crippen molar-refractivity contribution in [2.24, 2.45) is 7.05 Å². The Bertz CT molecular complexity index is 660. The third-order valence-corrected chi connectivity index (χ3v) is 3.12. The number of amides is 1. The van der Waals surface area contributed by atoms with E-state index in [1.807, 2.05) is 36.7 Å². The van der Waals surface area contributed by atoms with Crippen molar-refractivity contribution in [2.45, 2.75) is 13.5 Å². The molecule has 0 aliphatic carbocycles. The number of nitrogens with zero attached hydrogens (tertiary/aromatic N) is 3. The maximum Gasteiger partial charge on any atom is 0.394 e. The summed E-state index contributed by atoms with van der Waals surface area (Å²) < 4.78 is 1.98. The lowest BCUT2D eigenvalue weighted by Gasteiger charge is -2.14. The Morgan fingerprint density at radius 3 is 2.74 bits per heavy atom. The van der Waals surface area contributed by atoms with Crippen LogP contribution in [0.1, 0.15) is 11.4 Å². The molecular formula is C13H15N3O3. The number of benzene rings is 1.